The molecule has 0 aliphatic carbocycles. The predicted octanol–water partition coefficient (Wildman–Crippen LogP) is 0.288. The van der Waals surface area contributed by atoms with Crippen molar-refractivity contribution < 1.29 is 24.2 Å². The molecule has 1 unspecified atom stereocenters. The number of aliphatic hydroxyl groups excluding tert-OH is 1. The van der Waals surface area contributed by atoms with Crippen LogP contribution in [-0.2, 0) is 14.3 Å². The maximum absolute atomic E-state index is 12.3. The molecule has 0 saturated carbocycles. The third kappa shape index (κ3) is 4.24. The minimum absolute atomic E-state index is 0. The van der Waals surface area contributed by atoms with Crippen LogP contribution in [-0.4, -0.2) is 59.4 Å². The van der Waals surface area contributed by atoms with E-state index in [4.69, 9.17) is 14.6 Å². The number of esters is 1. The van der Waals surface area contributed by atoms with Gasteiger partial charge in [-0.25, -0.2) is 9.97 Å². The number of ether oxygens (including phenoxy) is 2. The zero-order valence-corrected chi connectivity index (χ0v) is 14.6. The number of hydrogen-bond acceptors (Lipinski definition) is 8. The molecule has 1 aromatic rings. The highest BCUT2D eigenvalue weighted by Gasteiger charge is 2.36. The molecule has 0 spiro atoms. The molecule has 10 heteroatoms. The van der Waals surface area contributed by atoms with Crippen molar-refractivity contribution in [3.8, 4) is 5.75 Å². The van der Waals surface area contributed by atoms with E-state index in [9.17, 15) is 9.59 Å². The first kappa shape index (κ1) is 19.9. The standard InChI is InChI=1S/C14H20N4O5.ClH/c1-4-22-10(20)7-18-13-11(23-8(2)14(18)21)12(15-5-6-19)16-9(3)17-13;/h8,19H,4-7H2,1-3H3,(H,15,16,17);1H. The van der Waals surface area contributed by atoms with Crippen LogP contribution in [0.15, 0.2) is 0 Å². The van der Waals surface area contributed by atoms with Gasteiger partial charge in [-0.05, 0) is 20.8 Å². The molecule has 1 aliphatic rings. The van der Waals surface area contributed by atoms with E-state index >= 15 is 0 Å². The van der Waals surface area contributed by atoms with E-state index in [-0.39, 0.29) is 56.2 Å². The van der Waals surface area contributed by atoms with Gasteiger partial charge in [0.05, 0.1) is 13.2 Å². The van der Waals surface area contributed by atoms with Crippen LogP contribution >= 0.6 is 12.4 Å². The van der Waals surface area contributed by atoms with Gasteiger partial charge < -0.3 is 19.9 Å². The van der Waals surface area contributed by atoms with Crippen LogP contribution in [0.3, 0.4) is 0 Å². The summed E-state index contributed by atoms with van der Waals surface area (Å²) in [5, 5.41) is 11.9. The number of rotatable bonds is 6. The van der Waals surface area contributed by atoms with Crippen LogP contribution in [0.25, 0.3) is 0 Å². The highest BCUT2D eigenvalue weighted by molar-refractivity contribution is 6.02. The number of fused-ring (bicyclic) bond motifs is 1. The van der Waals surface area contributed by atoms with Gasteiger partial charge in [0.2, 0.25) is 5.75 Å². The second-order valence-electron chi connectivity index (χ2n) is 4.91. The lowest BCUT2D eigenvalue weighted by atomic mass is 10.2. The highest BCUT2D eigenvalue weighted by Crippen LogP contribution is 2.37. The molecule has 1 aromatic heterocycles. The highest BCUT2D eigenvalue weighted by atomic mass is 35.5. The predicted molar refractivity (Wildman–Crippen MR) is 88.7 cm³/mol. The van der Waals surface area contributed by atoms with Crippen LogP contribution in [0, 0.1) is 6.92 Å². The van der Waals surface area contributed by atoms with Gasteiger partial charge in [0, 0.05) is 6.54 Å². The molecule has 0 bridgehead atoms. The van der Waals surface area contributed by atoms with Gasteiger partial charge in [0.1, 0.15) is 12.4 Å². The van der Waals surface area contributed by atoms with E-state index in [2.05, 4.69) is 15.3 Å². The van der Waals surface area contributed by atoms with Crippen molar-refractivity contribution in [2.24, 2.45) is 0 Å². The summed E-state index contributed by atoms with van der Waals surface area (Å²) >= 11 is 0. The summed E-state index contributed by atoms with van der Waals surface area (Å²) in [5.41, 5.74) is 0. The van der Waals surface area contributed by atoms with E-state index in [1.54, 1.807) is 20.8 Å². The number of amides is 1. The first-order chi connectivity index (χ1) is 11.0. The maximum Gasteiger partial charge on any atom is 0.326 e. The van der Waals surface area contributed by atoms with E-state index in [1.807, 2.05) is 0 Å². The van der Waals surface area contributed by atoms with Crippen molar-refractivity contribution >= 4 is 35.9 Å². The van der Waals surface area contributed by atoms with Crippen LogP contribution in [0.5, 0.6) is 5.75 Å². The zero-order chi connectivity index (χ0) is 17.0. The number of carbonyl (C=O) groups is 2. The third-order valence-electron chi connectivity index (χ3n) is 3.12. The largest absolute Gasteiger partial charge is 0.473 e. The summed E-state index contributed by atoms with van der Waals surface area (Å²) < 4.78 is 10.5. The number of nitrogens with one attached hydrogen (secondary N) is 1. The van der Waals surface area contributed by atoms with Crippen LogP contribution in [0.2, 0.25) is 0 Å². The molecule has 134 valence electrons. The molecule has 0 fully saturated rings. The molecule has 1 amide bonds. The van der Waals surface area contributed by atoms with E-state index in [0.717, 1.165) is 0 Å². The van der Waals surface area contributed by atoms with Crippen molar-refractivity contribution in [2.75, 3.05) is 36.5 Å². The SMILES string of the molecule is CCOC(=O)CN1C(=O)C(C)Oc2c(NCCO)nc(C)nc21.Cl. The number of carbonyl (C=O) groups excluding carboxylic acids is 2. The van der Waals surface area contributed by atoms with Gasteiger partial charge in [0.25, 0.3) is 5.91 Å². The quantitative estimate of drug-likeness (QED) is 0.696. The van der Waals surface area contributed by atoms with Gasteiger partial charge in [-0.15, -0.1) is 12.4 Å². The summed E-state index contributed by atoms with van der Waals surface area (Å²) in [6, 6.07) is 0. The first-order valence-electron chi connectivity index (χ1n) is 7.35. The van der Waals surface area contributed by atoms with Crippen LogP contribution < -0.4 is 15.0 Å². The topological polar surface area (TPSA) is 114 Å². The Hall–Kier alpha value is -2.13. The number of anilines is 2. The van der Waals surface area contributed by atoms with Gasteiger partial charge in [-0.1, -0.05) is 0 Å². The molecule has 2 heterocycles. The smallest absolute Gasteiger partial charge is 0.326 e. The molecule has 24 heavy (non-hydrogen) atoms. The summed E-state index contributed by atoms with van der Waals surface area (Å²) in [6.45, 7) is 5.11. The lowest BCUT2D eigenvalue weighted by Crippen LogP contribution is -2.47. The molecule has 2 rings (SSSR count). The maximum atomic E-state index is 12.3. The number of aryl methyl sites for hydroxylation is 1. The van der Waals surface area contributed by atoms with Crippen LogP contribution in [0.1, 0.15) is 19.7 Å². The minimum Gasteiger partial charge on any atom is -0.473 e. The fourth-order valence-electron chi connectivity index (χ4n) is 2.17. The third-order valence-corrected chi connectivity index (χ3v) is 3.12. The minimum atomic E-state index is -0.780. The Morgan fingerprint density at radius 3 is 2.79 bits per heavy atom. The summed E-state index contributed by atoms with van der Waals surface area (Å²) in [6.07, 6.45) is -0.780. The fraction of sp³-hybridized carbons (Fsp3) is 0.571. The lowest BCUT2D eigenvalue weighted by Gasteiger charge is -2.32. The summed E-state index contributed by atoms with van der Waals surface area (Å²) in [4.78, 5) is 33.8. The average Bonchev–Trinajstić information content (AvgIpc) is 2.50. The molecular formula is C14H21ClN4O5. The van der Waals surface area contributed by atoms with Crippen molar-refractivity contribution in [1.82, 2.24) is 9.97 Å². The normalized spacial score (nSPS) is 15.9. The monoisotopic (exact) mass is 360 g/mol. The Kier molecular flexibility index (Phi) is 7.18. The van der Waals surface area contributed by atoms with Gasteiger partial charge in [-0.3, -0.25) is 14.5 Å². The number of nitrogens with zero attached hydrogens (tertiary/aromatic N) is 3. The van der Waals surface area contributed by atoms with Crippen molar-refractivity contribution in [3.05, 3.63) is 5.82 Å². The fourth-order valence-corrected chi connectivity index (χ4v) is 2.17. The summed E-state index contributed by atoms with van der Waals surface area (Å²) in [5.74, 6) is 0.368. The van der Waals surface area contributed by atoms with E-state index in [0.29, 0.717) is 11.6 Å². The molecule has 1 aliphatic heterocycles. The molecule has 0 radical (unpaired) electrons. The van der Waals surface area contributed by atoms with Crippen molar-refractivity contribution in [2.45, 2.75) is 26.9 Å². The Bertz CT molecular complexity index is 613. The molecule has 0 saturated heterocycles. The second kappa shape index (κ2) is 8.65. The Morgan fingerprint density at radius 1 is 1.46 bits per heavy atom. The van der Waals surface area contributed by atoms with Crippen LogP contribution in [0.4, 0.5) is 11.6 Å². The van der Waals surface area contributed by atoms with Gasteiger partial charge in [0.15, 0.2) is 17.7 Å². The summed E-state index contributed by atoms with van der Waals surface area (Å²) in [7, 11) is 0. The first-order valence-corrected chi connectivity index (χ1v) is 7.35. The molecule has 0 aromatic carbocycles. The number of aliphatic hydroxyl groups is 1. The van der Waals surface area contributed by atoms with E-state index in [1.165, 1.54) is 4.90 Å². The molecule has 2 N–H and O–H groups in total. The zero-order valence-electron chi connectivity index (χ0n) is 13.7. The molecule has 1 atom stereocenters. The van der Waals surface area contributed by atoms with Gasteiger partial charge in [-0.2, -0.15) is 0 Å². The average molecular weight is 361 g/mol. The second-order valence-corrected chi connectivity index (χ2v) is 4.91. The Labute approximate surface area is 145 Å². The van der Waals surface area contributed by atoms with Gasteiger partial charge >= 0.3 is 5.97 Å². The Balaban J connectivity index is 0.00000288. The Morgan fingerprint density at radius 2 is 2.17 bits per heavy atom. The molecule has 9 nitrogen and oxygen atoms in total. The van der Waals surface area contributed by atoms with Crippen molar-refractivity contribution in [1.29, 1.82) is 0 Å². The number of aromatic nitrogens is 2. The van der Waals surface area contributed by atoms with E-state index < -0.39 is 12.1 Å². The molecular weight excluding hydrogens is 340 g/mol. The number of halogens is 1. The lowest BCUT2D eigenvalue weighted by molar-refractivity contribution is -0.143. The number of hydrogen-bond donors (Lipinski definition) is 2. The van der Waals surface area contributed by atoms with Crippen molar-refractivity contribution in [3.63, 3.8) is 0 Å².